The Morgan fingerprint density at radius 3 is 0.811 bits per heavy atom. The predicted molar refractivity (Wildman–Crippen MR) is 334 cm³/mol. The summed E-state index contributed by atoms with van der Waals surface area (Å²) in [5.41, 5.74) is 3.24. The number of rotatable bonds is 67. The van der Waals surface area contributed by atoms with Gasteiger partial charge in [0, 0.05) is 42.2 Å². The lowest BCUT2D eigenvalue weighted by atomic mass is 10.0. The first-order valence-corrected chi connectivity index (χ1v) is 31.3. The summed E-state index contributed by atoms with van der Waals surface area (Å²) in [6.07, 6.45) is 3.18. The van der Waals surface area contributed by atoms with Crippen LogP contribution in [0.5, 0.6) is 40.2 Å². The molecule has 1 N–H and O–H groups in total. The van der Waals surface area contributed by atoms with E-state index in [4.69, 9.17) is 114 Å². The van der Waals surface area contributed by atoms with Crippen molar-refractivity contribution < 1.29 is 119 Å². The van der Waals surface area contributed by atoms with Gasteiger partial charge in [0.25, 0.3) is 0 Å². The molecule has 0 unspecified atom stereocenters. The SMILES string of the molecule is CCCCOCCOCCOc1cc(CCc2cc(CO)cc(OCc3cc(OCCOCCOCCOC)c(OCCOCCOCCOC)c(OCCOCCOCCOC)c3)c2)cc(OCCOCCOCCOC)c1OCCOCCOCCOC. The molecule has 25 nitrogen and oxygen atoms in total. The molecule has 0 spiro atoms. The summed E-state index contributed by atoms with van der Waals surface area (Å²) in [5.74, 6) is 3.14. The first-order chi connectivity index (χ1) is 44.5. The molecule has 0 saturated heterocycles. The van der Waals surface area contributed by atoms with Crippen molar-refractivity contribution in [1.82, 2.24) is 0 Å². The highest BCUT2D eigenvalue weighted by Crippen LogP contribution is 2.41. The first-order valence-electron chi connectivity index (χ1n) is 31.3. The van der Waals surface area contributed by atoms with E-state index in [0.29, 0.717) is 230 Å². The largest absolute Gasteiger partial charge is 0.489 e. The van der Waals surface area contributed by atoms with Gasteiger partial charge in [-0.2, -0.15) is 0 Å². The van der Waals surface area contributed by atoms with E-state index in [1.54, 1.807) is 35.5 Å². The Labute approximate surface area is 534 Å². The Balaban J connectivity index is 1.90. The molecule has 0 atom stereocenters. The first kappa shape index (κ1) is 79.8. The highest BCUT2D eigenvalue weighted by atomic mass is 16.6. The summed E-state index contributed by atoms with van der Waals surface area (Å²) in [6, 6.07) is 13.4. The molecule has 0 aliphatic rings. The Kier molecular flexibility index (Phi) is 51.7. The highest BCUT2D eigenvalue weighted by molar-refractivity contribution is 5.55. The maximum atomic E-state index is 10.6. The molecule has 0 aromatic heterocycles. The number of unbranched alkanes of at least 4 members (excludes halogenated alkanes) is 1. The minimum Gasteiger partial charge on any atom is -0.489 e. The van der Waals surface area contributed by atoms with E-state index in [2.05, 4.69) is 6.92 Å². The van der Waals surface area contributed by atoms with Gasteiger partial charge in [0.05, 0.1) is 192 Å². The maximum Gasteiger partial charge on any atom is 0.203 e. The van der Waals surface area contributed by atoms with Gasteiger partial charge in [-0.3, -0.25) is 0 Å². The van der Waals surface area contributed by atoms with E-state index in [1.807, 2.05) is 42.5 Å². The third-order valence-corrected chi connectivity index (χ3v) is 12.4. The molecule has 3 aromatic rings. The summed E-state index contributed by atoms with van der Waals surface area (Å²) in [4.78, 5) is 0. The standard InChI is InChI=1S/C65H108O25/c1-7-8-11-72-22-23-78-34-40-84-60-49-56(50-61(85-41-35-79-29-24-73-17-12-67-2)64(60)88-44-38-82-32-27-76-20-15-70-5)10-9-55-46-57(53-66)48-59(47-55)90-54-58-51-62(86-42-36-80-30-25-74-18-13-68-3)65(89-45-39-83-33-28-77-21-16-71-6)63(52-58)87-43-37-81-31-26-75-19-14-69-4/h46-52,66H,7-45,53-54H2,1-6H3. The van der Waals surface area contributed by atoms with E-state index in [0.717, 1.165) is 29.5 Å². The Morgan fingerprint density at radius 2 is 0.511 bits per heavy atom. The van der Waals surface area contributed by atoms with Crippen molar-refractivity contribution in [2.24, 2.45) is 0 Å². The molecule has 0 heterocycles. The van der Waals surface area contributed by atoms with E-state index in [-0.39, 0.29) is 72.7 Å². The van der Waals surface area contributed by atoms with Crippen LogP contribution in [0.2, 0.25) is 0 Å². The van der Waals surface area contributed by atoms with E-state index < -0.39 is 0 Å². The van der Waals surface area contributed by atoms with Gasteiger partial charge in [0.1, 0.15) is 52.0 Å². The number of hydrogen-bond acceptors (Lipinski definition) is 25. The number of benzene rings is 3. The average molecular weight is 1290 g/mol. The van der Waals surface area contributed by atoms with Crippen LogP contribution in [0.3, 0.4) is 0 Å². The predicted octanol–water partition coefficient (Wildman–Crippen LogP) is 6.05. The van der Waals surface area contributed by atoms with Crippen LogP contribution >= 0.6 is 0 Å². The van der Waals surface area contributed by atoms with Crippen LogP contribution < -0.4 is 33.2 Å². The third-order valence-electron chi connectivity index (χ3n) is 12.4. The number of aliphatic hydroxyl groups is 1. The van der Waals surface area contributed by atoms with Crippen LogP contribution in [0.1, 0.15) is 42.0 Å². The molecule has 0 aliphatic heterocycles. The van der Waals surface area contributed by atoms with Gasteiger partial charge >= 0.3 is 0 Å². The van der Waals surface area contributed by atoms with Crippen molar-refractivity contribution in [2.45, 2.75) is 45.8 Å². The number of ether oxygens (including phenoxy) is 24. The molecule has 3 rings (SSSR count). The second-order valence-corrected chi connectivity index (χ2v) is 19.5. The lowest BCUT2D eigenvalue weighted by Crippen LogP contribution is -2.16. The second-order valence-electron chi connectivity index (χ2n) is 19.5. The number of aliphatic hydroxyl groups excluding tert-OH is 1. The zero-order valence-corrected chi connectivity index (χ0v) is 54.8. The van der Waals surface area contributed by atoms with Gasteiger partial charge in [0.2, 0.25) is 11.5 Å². The van der Waals surface area contributed by atoms with Gasteiger partial charge in [-0.1, -0.05) is 19.4 Å². The Bertz CT molecular complexity index is 1880. The topological polar surface area (TPSA) is 242 Å². The smallest absolute Gasteiger partial charge is 0.203 e. The minimum absolute atomic E-state index is 0.106. The number of aryl methyl sites for hydroxylation is 2. The Hall–Kier alpha value is -4.46. The maximum absolute atomic E-state index is 10.6. The highest BCUT2D eigenvalue weighted by Gasteiger charge is 2.20. The van der Waals surface area contributed by atoms with Crippen LogP contribution in [0.4, 0.5) is 0 Å². The molecule has 0 saturated carbocycles. The molecule has 0 aliphatic carbocycles. The molecule has 3 aromatic carbocycles. The quantitative estimate of drug-likeness (QED) is 0.0633. The van der Waals surface area contributed by atoms with E-state index in [9.17, 15) is 5.11 Å². The minimum atomic E-state index is -0.208. The normalized spacial score (nSPS) is 11.4. The zero-order valence-electron chi connectivity index (χ0n) is 54.8. The van der Waals surface area contributed by atoms with Crippen molar-refractivity contribution in [2.75, 3.05) is 267 Å². The summed E-state index contributed by atoms with van der Waals surface area (Å²) >= 11 is 0. The molecular formula is C65H108O25. The van der Waals surface area contributed by atoms with Gasteiger partial charge < -0.3 is 119 Å². The van der Waals surface area contributed by atoms with E-state index in [1.165, 1.54) is 0 Å². The lowest BCUT2D eigenvalue weighted by Gasteiger charge is -2.20. The fourth-order valence-corrected chi connectivity index (χ4v) is 7.84. The molecular weight excluding hydrogens is 1180 g/mol. The number of hydrogen-bond donors (Lipinski definition) is 1. The molecule has 0 radical (unpaired) electrons. The zero-order chi connectivity index (χ0) is 64.3. The summed E-state index contributed by atoms with van der Waals surface area (Å²) in [7, 11) is 8.14. The van der Waals surface area contributed by atoms with Crippen LogP contribution in [-0.4, -0.2) is 272 Å². The van der Waals surface area contributed by atoms with Crippen LogP contribution in [0.25, 0.3) is 0 Å². The molecule has 0 amide bonds. The van der Waals surface area contributed by atoms with Crippen molar-refractivity contribution in [1.29, 1.82) is 0 Å². The molecule has 0 fully saturated rings. The molecule has 518 valence electrons. The van der Waals surface area contributed by atoms with Gasteiger partial charge in [-0.05, 0) is 77.9 Å². The van der Waals surface area contributed by atoms with Gasteiger partial charge in [-0.25, -0.2) is 0 Å². The summed E-state index contributed by atoms with van der Waals surface area (Å²) in [6.45, 7) is 15.6. The van der Waals surface area contributed by atoms with Crippen molar-refractivity contribution in [3.05, 3.63) is 64.7 Å². The van der Waals surface area contributed by atoms with Gasteiger partial charge in [-0.15, -0.1) is 0 Å². The third kappa shape index (κ3) is 41.2. The molecule has 90 heavy (non-hydrogen) atoms. The summed E-state index contributed by atoms with van der Waals surface area (Å²) in [5, 5.41) is 10.6. The van der Waals surface area contributed by atoms with Crippen molar-refractivity contribution >= 4 is 0 Å². The van der Waals surface area contributed by atoms with Crippen molar-refractivity contribution in [3.63, 3.8) is 0 Å². The molecule has 0 bridgehead atoms. The number of methoxy groups -OCH3 is 5. The summed E-state index contributed by atoms with van der Waals surface area (Å²) < 4.78 is 139. The lowest BCUT2D eigenvalue weighted by molar-refractivity contribution is 0.0146. The Morgan fingerprint density at radius 1 is 0.256 bits per heavy atom. The van der Waals surface area contributed by atoms with Crippen LogP contribution in [0.15, 0.2) is 42.5 Å². The fraction of sp³-hybridized carbons (Fsp3) is 0.723. The van der Waals surface area contributed by atoms with E-state index >= 15 is 0 Å². The van der Waals surface area contributed by atoms with Crippen LogP contribution in [0, 0.1) is 0 Å². The fourth-order valence-electron chi connectivity index (χ4n) is 7.84. The average Bonchev–Trinajstić information content (AvgIpc) is 1.23. The van der Waals surface area contributed by atoms with Gasteiger partial charge in [0.15, 0.2) is 23.0 Å². The second kappa shape index (κ2) is 58.4. The molecule has 25 heteroatoms. The monoisotopic (exact) mass is 1290 g/mol. The van der Waals surface area contributed by atoms with Crippen molar-refractivity contribution in [3.8, 4) is 40.2 Å². The van der Waals surface area contributed by atoms with Crippen LogP contribution in [-0.2, 0) is 107 Å².